The van der Waals surface area contributed by atoms with Gasteiger partial charge in [-0.05, 0) is 30.5 Å². The van der Waals surface area contributed by atoms with Gasteiger partial charge in [0.15, 0.2) is 0 Å². The van der Waals surface area contributed by atoms with Gasteiger partial charge in [-0.25, -0.2) is 0 Å². The maximum Gasteiger partial charge on any atom is 0.223 e. The molecule has 0 saturated heterocycles. The summed E-state index contributed by atoms with van der Waals surface area (Å²) in [6, 6.07) is 5.54. The fourth-order valence-corrected chi connectivity index (χ4v) is 1.57. The molecule has 0 spiro atoms. The van der Waals surface area contributed by atoms with Crippen LogP contribution in [0.25, 0.3) is 0 Å². The summed E-state index contributed by atoms with van der Waals surface area (Å²) in [6.45, 7) is 0.531. The number of ether oxygens (including phenoxy) is 1. The smallest absolute Gasteiger partial charge is 0.223 e. The lowest BCUT2D eigenvalue weighted by atomic mass is 10.2. The van der Waals surface area contributed by atoms with Crippen LogP contribution in [-0.4, -0.2) is 13.0 Å². The van der Waals surface area contributed by atoms with Crippen molar-refractivity contribution in [1.82, 2.24) is 5.32 Å². The fourth-order valence-electron chi connectivity index (χ4n) is 1.57. The summed E-state index contributed by atoms with van der Waals surface area (Å²) in [5.41, 5.74) is 7.36. The van der Waals surface area contributed by atoms with Crippen molar-refractivity contribution in [1.29, 1.82) is 0 Å². The van der Waals surface area contributed by atoms with Crippen molar-refractivity contribution < 1.29 is 9.53 Å². The minimum absolute atomic E-state index is 0.148. The molecule has 0 aromatic heterocycles. The highest BCUT2D eigenvalue weighted by Crippen LogP contribution is 2.29. The Kier molecular flexibility index (Phi) is 2.99. The maximum atomic E-state index is 11.4. The summed E-state index contributed by atoms with van der Waals surface area (Å²) in [7, 11) is 1.58. The average Bonchev–Trinajstić information content (AvgIpc) is 3.10. The molecule has 1 aliphatic carbocycles. The second-order valence-corrected chi connectivity index (χ2v) is 4.07. The lowest BCUT2D eigenvalue weighted by molar-refractivity contribution is -0.122. The molecule has 0 heterocycles. The number of carbonyl (C=O) groups excluding carboxylic acids is 1. The number of rotatable bonds is 4. The second-order valence-electron chi connectivity index (χ2n) is 4.07. The van der Waals surface area contributed by atoms with Crippen molar-refractivity contribution in [2.45, 2.75) is 19.4 Å². The maximum absolute atomic E-state index is 11.4. The first-order chi connectivity index (χ1) is 7.70. The van der Waals surface area contributed by atoms with E-state index in [-0.39, 0.29) is 11.8 Å². The number of hydrogen-bond donors (Lipinski definition) is 2. The van der Waals surface area contributed by atoms with Gasteiger partial charge in [-0.1, -0.05) is 6.07 Å². The van der Waals surface area contributed by atoms with E-state index >= 15 is 0 Å². The van der Waals surface area contributed by atoms with Gasteiger partial charge in [-0.15, -0.1) is 0 Å². The minimum atomic E-state index is 0.148. The molecule has 0 aliphatic heterocycles. The first-order valence-electron chi connectivity index (χ1n) is 5.41. The molecule has 0 unspecified atom stereocenters. The van der Waals surface area contributed by atoms with E-state index in [9.17, 15) is 4.79 Å². The summed E-state index contributed by atoms with van der Waals surface area (Å²) >= 11 is 0. The first kappa shape index (κ1) is 10.8. The van der Waals surface area contributed by atoms with Crippen molar-refractivity contribution in [3.05, 3.63) is 23.8 Å². The average molecular weight is 220 g/mol. The van der Waals surface area contributed by atoms with Crippen LogP contribution in [0.2, 0.25) is 0 Å². The van der Waals surface area contributed by atoms with Gasteiger partial charge in [0.1, 0.15) is 5.75 Å². The Morgan fingerprint density at radius 3 is 2.88 bits per heavy atom. The molecule has 0 radical (unpaired) electrons. The van der Waals surface area contributed by atoms with Crippen LogP contribution in [0.5, 0.6) is 5.75 Å². The lowest BCUT2D eigenvalue weighted by Gasteiger charge is -2.08. The van der Waals surface area contributed by atoms with E-state index in [0.29, 0.717) is 18.0 Å². The summed E-state index contributed by atoms with van der Waals surface area (Å²) in [5, 5.41) is 2.89. The number of methoxy groups -OCH3 is 1. The van der Waals surface area contributed by atoms with Gasteiger partial charge in [0.25, 0.3) is 0 Å². The summed E-state index contributed by atoms with van der Waals surface area (Å²) in [5.74, 6) is 1.06. The van der Waals surface area contributed by atoms with Gasteiger partial charge in [0, 0.05) is 12.5 Å². The standard InChI is InChI=1S/C12H16N2O2/c1-16-11-5-2-8(6-10(11)13)7-14-12(15)9-3-4-9/h2,5-6,9H,3-4,7,13H2,1H3,(H,14,15). The number of nitrogen functional groups attached to an aromatic ring is 1. The molecule has 4 heteroatoms. The zero-order valence-electron chi connectivity index (χ0n) is 9.32. The SMILES string of the molecule is COc1ccc(CNC(=O)C2CC2)cc1N. The summed E-state index contributed by atoms with van der Waals surface area (Å²) in [6.07, 6.45) is 2.05. The van der Waals surface area contributed by atoms with Gasteiger partial charge < -0.3 is 15.8 Å². The Morgan fingerprint density at radius 2 is 2.31 bits per heavy atom. The molecular formula is C12H16N2O2. The highest BCUT2D eigenvalue weighted by Gasteiger charge is 2.29. The molecule has 1 aromatic rings. The predicted octanol–water partition coefficient (Wildman–Crippen LogP) is 1.30. The van der Waals surface area contributed by atoms with Gasteiger partial charge in [-0.2, -0.15) is 0 Å². The highest BCUT2D eigenvalue weighted by atomic mass is 16.5. The van der Waals surface area contributed by atoms with Crippen molar-refractivity contribution >= 4 is 11.6 Å². The van der Waals surface area contributed by atoms with Crippen molar-refractivity contribution in [2.24, 2.45) is 5.92 Å². The molecule has 86 valence electrons. The highest BCUT2D eigenvalue weighted by molar-refractivity contribution is 5.80. The molecule has 4 nitrogen and oxygen atoms in total. The molecule has 16 heavy (non-hydrogen) atoms. The van der Waals surface area contributed by atoms with Crippen LogP contribution in [0.15, 0.2) is 18.2 Å². The number of carbonyl (C=O) groups is 1. The third-order valence-corrected chi connectivity index (χ3v) is 2.71. The third kappa shape index (κ3) is 2.45. The van der Waals surface area contributed by atoms with E-state index in [4.69, 9.17) is 10.5 Å². The molecule has 0 bridgehead atoms. The summed E-state index contributed by atoms with van der Waals surface area (Å²) in [4.78, 5) is 11.4. The Bertz CT molecular complexity index is 400. The Hall–Kier alpha value is -1.71. The molecule has 1 saturated carbocycles. The van der Waals surface area contributed by atoms with Crippen LogP contribution in [0.4, 0.5) is 5.69 Å². The van der Waals surface area contributed by atoms with E-state index in [1.807, 2.05) is 18.2 Å². The number of nitrogens with two attached hydrogens (primary N) is 1. The van der Waals surface area contributed by atoms with E-state index in [0.717, 1.165) is 18.4 Å². The van der Waals surface area contributed by atoms with Gasteiger partial charge in [-0.3, -0.25) is 4.79 Å². The molecule has 1 fully saturated rings. The van der Waals surface area contributed by atoms with Gasteiger partial charge in [0.2, 0.25) is 5.91 Å². The fraction of sp³-hybridized carbons (Fsp3) is 0.417. The van der Waals surface area contributed by atoms with E-state index in [1.165, 1.54) is 0 Å². The van der Waals surface area contributed by atoms with Crippen molar-refractivity contribution in [2.75, 3.05) is 12.8 Å². The zero-order chi connectivity index (χ0) is 11.5. The van der Waals surface area contributed by atoms with Gasteiger partial charge >= 0.3 is 0 Å². The van der Waals surface area contributed by atoms with Crippen LogP contribution in [-0.2, 0) is 11.3 Å². The number of nitrogens with one attached hydrogen (secondary N) is 1. The Morgan fingerprint density at radius 1 is 1.56 bits per heavy atom. The first-order valence-corrected chi connectivity index (χ1v) is 5.41. The largest absolute Gasteiger partial charge is 0.495 e. The molecule has 1 amide bonds. The predicted molar refractivity (Wildman–Crippen MR) is 62.0 cm³/mol. The van der Waals surface area contributed by atoms with Crippen LogP contribution >= 0.6 is 0 Å². The van der Waals surface area contributed by atoms with E-state index in [2.05, 4.69) is 5.32 Å². The van der Waals surface area contributed by atoms with Crippen LogP contribution < -0.4 is 15.8 Å². The Labute approximate surface area is 94.8 Å². The van der Waals surface area contributed by atoms with Crippen molar-refractivity contribution in [3.8, 4) is 5.75 Å². The third-order valence-electron chi connectivity index (χ3n) is 2.71. The molecule has 1 aliphatic rings. The van der Waals surface area contributed by atoms with Gasteiger partial charge in [0.05, 0.1) is 12.8 Å². The number of benzene rings is 1. The second kappa shape index (κ2) is 4.43. The molecule has 2 rings (SSSR count). The monoisotopic (exact) mass is 220 g/mol. The number of anilines is 1. The molecular weight excluding hydrogens is 204 g/mol. The quantitative estimate of drug-likeness (QED) is 0.752. The van der Waals surface area contributed by atoms with E-state index in [1.54, 1.807) is 7.11 Å². The molecule has 1 aromatic carbocycles. The number of amides is 1. The molecule has 0 atom stereocenters. The Balaban J connectivity index is 1.93. The number of hydrogen-bond acceptors (Lipinski definition) is 3. The topological polar surface area (TPSA) is 64.3 Å². The van der Waals surface area contributed by atoms with Crippen LogP contribution in [0, 0.1) is 5.92 Å². The zero-order valence-corrected chi connectivity index (χ0v) is 9.32. The van der Waals surface area contributed by atoms with Crippen molar-refractivity contribution in [3.63, 3.8) is 0 Å². The normalized spacial score (nSPS) is 14.6. The van der Waals surface area contributed by atoms with Crippen LogP contribution in [0.1, 0.15) is 18.4 Å². The molecule has 3 N–H and O–H groups in total. The van der Waals surface area contributed by atoms with E-state index < -0.39 is 0 Å². The van der Waals surface area contributed by atoms with Crippen LogP contribution in [0.3, 0.4) is 0 Å². The minimum Gasteiger partial charge on any atom is -0.495 e. The summed E-state index contributed by atoms with van der Waals surface area (Å²) < 4.78 is 5.06. The lowest BCUT2D eigenvalue weighted by Crippen LogP contribution is -2.24.